The molecule has 0 aliphatic rings. The largest absolute Gasteiger partial charge is 0.494 e. The van der Waals surface area contributed by atoms with E-state index in [1.807, 2.05) is 45.0 Å². The van der Waals surface area contributed by atoms with E-state index in [0.717, 1.165) is 11.3 Å². The van der Waals surface area contributed by atoms with Gasteiger partial charge in [0.25, 0.3) is 0 Å². The molecule has 0 aromatic heterocycles. The Kier molecular flexibility index (Phi) is 14.4. The molecule has 0 N–H and O–H groups in total. The van der Waals surface area contributed by atoms with Gasteiger partial charge in [-0.25, -0.2) is 0 Å². The highest BCUT2D eigenvalue weighted by Crippen LogP contribution is 2.10. The summed E-state index contributed by atoms with van der Waals surface area (Å²) in [5.41, 5.74) is 0.883. The van der Waals surface area contributed by atoms with E-state index in [9.17, 15) is 0 Å². The fourth-order valence-corrected chi connectivity index (χ4v) is 0.814. The fraction of sp³-hybridized carbons (Fsp3) is 0.467. The van der Waals surface area contributed by atoms with Gasteiger partial charge < -0.3 is 4.74 Å². The Morgan fingerprint density at radius 1 is 1.12 bits per heavy atom. The van der Waals surface area contributed by atoms with Gasteiger partial charge in [-0.1, -0.05) is 40.0 Å². The van der Waals surface area contributed by atoms with Gasteiger partial charge in [0.15, 0.2) is 0 Å². The molecule has 0 aliphatic heterocycles. The first-order valence-electron chi connectivity index (χ1n) is 5.97. The first-order chi connectivity index (χ1) is 7.78. The van der Waals surface area contributed by atoms with Crippen molar-refractivity contribution in [2.24, 2.45) is 0 Å². The normalized spacial score (nSPS) is 7.50. The van der Waals surface area contributed by atoms with Crippen LogP contribution in [0.1, 0.15) is 48.0 Å². The molecule has 16 heavy (non-hydrogen) atoms. The average Bonchev–Trinajstić information content (AvgIpc) is 2.34. The monoisotopic (exact) mass is 222 g/mol. The summed E-state index contributed by atoms with van der Waals surface area (Å²) in [5.74, 6) is 3.41. The molecule has 0 fully saturated rings. The number of hydrogen-bond donors (Lipinski definition) is 0. The van der Waals surface area contributed by atoms with Gasteiger partial charge in [-0.15, -0.1) is 6.42 Å². The zero-order valence-electron chi connectivity index (χ0n) is 11.2. The molecule has 92 valence electrons. The fourth-order valence-electron chi connectivity index (χ4n) is 0.814. The molecule has 1 aromatic rings. The summed E-state index contributed by atoms with van der Waals surface area (Å²) in [5, 5.41) is 0. The zero-order chi connectivity index (χ0) is 12.8. The minimum Gasteiger partial charge on any atom is -0.494 e. The summed E-state index contributed by atoms with van der Waals surface area (Å²) >= 11 is 0. The number of rotatable bonds is 2. The van der Waals surface area contributed by atoms with Gasteiger partial charge in [0.05, 0.1) is 6.61 Å². The summed E-state index contributed by atoms with van der Waals surface area (Å²) in [6.07, 6.45) is 6.43. The van der Waals surface area contributed by atoms with Crippen LogP contribution < -0.4 is 4.74 Å². The van der Waals surface area contributed by atoms with E-state index in [0.29, 0.717) is 6.61 Å². The summed E-state index contributed by atoms with van der Waals surface area (Å²) in [6, 6.07) is 7.48. The van der Waals surface area contributed by atoms with Crippen molar-refractivity contribution >= 4 is 0 Å². The minimum absolute atomic E-state index is 0. The Balaban J connectivity index is -0.000000286. The summed E-state index contributed by atoms with van der Waals surface area (Å²) in [7, 11) is 0. The molecule has 0 amide bonds. The van der Waals surface area contributed by atoms with Crippen molar-refractivity contribution in [1.82, 2.24) is 0 Å². The van der Waals surface area contributed by atoms with Crippen LogP contribution in [0.5, 0.6) is 5.75 Å². The lowest BCUT2D eigenvalue weighted by atomic mass is 10.2. The van der Waals surface area contributed by atoms with Crippen LogP contribution in [0.3, 0.4) is 0 Å². The van der Waals surface area contributed by atoms with E-state index >= 15 is 0 Å². The highest BCUT2D eigenvalue weighted by molar-refractivity contribution is 5.36. The van der Waals surface area contributed by atoms with Gasteiger partial charge in [-0.2, -0.15) is 0 Å². The predicted octanol–water partition coefficient (Wildman–Crippen LogP) is 4.76. The van der Waals surface area contributed by atoms with E-state index < -0.39 is 0 Å². The van der Waals surface area contributed by atoms with E-state index in [1.54, 1.807) is 0 Å². The molecule has 0 aliphatic carbocycles. The van der Waals surface area contributed by atoms with Gasteiger partial charge >= 0.3 is 0 Å². The van der Waals surface area contributed by atoms with E-state index in [1.165, 1.54) is 6.42 Å². The molecule has 0 bridgehead atoms. The average molecular weight is 222 g/mol. The smallest absolute Gasteiger partial charge is 0.119 e. The van der Waals surface area contributed by atoms with Crippen molar-refractivity contribution in [3.05, 3.63) is 29.8 Å². The van der Waals surface area contributed by atoms with Gasteiger partial charge in [-0.3, -0.25) is 0 Å². The SMILES string of the molecule is C#Cc1ccc(OCC)cc1.CC.CCC.[HH]. The second-order valence-electron chi connectivity index (χ2n) is 2.81. The lowest BCUT2D eigenvalue weighted by Gasteiger charge is -2.00. The molecule has 1 nitrogen and oxygen atoms in total. The first kappa shape index (κ1) is 17.0. The van der Waals surface area contributed by atoms with Crippen molar-refractivity contribution < 1.29 is 6.16 Å². The predicted molar refractivity (Wildman–Crippen MR) is 75.0 cm³/mol. The Labute approximate surface area is 102 Å². The molecule has 1 aromatic carbocycles. The molecule has 0 saturated carbocycles. The van der Waals surface area contributed by atoms with Crippen molar-refractivity contribution in [3.8, 4) is 18.1 Å². The maximum Gasteiger partial charge on any atom is 0.119 e. The van der Waals surface area contributed by atoms with Crippen LogP contribution >= 0.6 is 0 Å². The highest BCUT2D eigenvalue weighted by atomic mass is 16.5. The van der Waals surface area contributed by atoms with Crippen molar-refractivity contribution in [2.45, 2.75) is 41.0 Å². The molecular formula is C15H26O. The van der Waals surface area contributed by atoms with E-state index in [4.69, 9.17) is 11.2 Å². The second-order valence-corrected chi connectivity index (χ2v) is 2.81. The topological polar surface area (TPSA) is 9.23 Å². The molecule has 0 saturated heterocycles. The molecule has 1 heteroatoms. The maximum atomic E-state index is 5.24. The third kappa shape index (κ3) is 9.15. The van der Waals surface area contributed by atoms with Crippen LogP contribution in [-0.2, 0) is 0 Å². The van der Waals surface area contributed by atoms with E-state index in [2.05, 4.69) is 19.8 Å². The quantitative estimate of drug-likeness (QED) is 0.656. The van der Waals surface area contributed by atoms with Crippen molar-refractivity contribution in [2.75, 3.05) is 6.61 Å². The lowest BCUT2D eigenvalue weighted by molar-refractivity contribution is 0.340. The van der Waals surface area contributed by atoms with Gasteiger partial charge in [0, 0.05) is 6.99 Å². The van der Waals surface area contributed by atoms with E-state index in [-0.39, 0.29) is 1.43 Å². The summed E-state index contributed by atoms with van der Waals surface area (Å²) in [4.78, 5) is 0. The third-order valence-corrected chi connectivity index (χ3v) is 1.33. The first-order valence-corrected chi connectivity index (χ1v) is 5.97. The van der Waals surface area contributed by atoms with Crippen LogP contribution in [-0.4, -0.2) is 6.61 Å². The Hall–Kier alpha value is -1.42. The number of ether oxygens (including phenoxy) is 1. The third-order valence-electron chi connectivity index (χ3n) is 1.33. The van der Waals surface area contributed by atoms with Gasteiger partial charge in [0.1, 0.15) is 5.75 Å². The Morgan fingerprint density at radius 2 is 1.56 bits per heavy atom. The summed E-state index contributed by atoms with van der Waals surface area (Å²) in [6.45, 7) is 10.9. The lowest BCUT2D eigenvalue weighted by Crippen LogP contribution is -1.90. The van der Waals surface area contributed by atoms with Crippen LogP contribution in [0, 0.1) is 12.3 Å². The maximum absolute atomic E-state index is 5.24. The van der Waals surface area contributed by atoms with Gasteiger partial charge in [0.2, 0.25) is 0 Å². The molecule has 0 heterocycles. The molecule has 0 radical (unpaired) electrons. The van der Waals surface area contributed by atoms with Gasteiger partial charge in [-0.05, 0) is 31.2 Å². The number of terminal acetylenes is 1. The molecule has 1 rings (SSSR count). The Bertz CT molecular complexity index is 272. The molecule has 0 atom stereocenters. The van der Waals surface area contributed by atoms with Crippen molar-refractivity contribution in [1.29, 1.82) is 0 Å². The summed E-state index contributed by atoms with van der Waals surface area (Å²) < 4.78 is 5.24. The second kappa shape index (κ2) is 13.6. The molecule has 0 unspecified atom stereocenters. The zero-order valence-corrected chi connectivity index (χ0v) is 11.2. The van der Waals surface area contributed by atoms with Crippen LogP contribution in [0.15, 0.2) is 24.3 Å². The number of benzene rings is 1. The standard InChI is InChI=1S/C10H10O.C3H8.C2H6.H2/c1-3-9-5-7-10(8-6-9)11-4-2;1-3-2;1-2;/h1,5-8H,4H2,2H3;3H2,1-2H3;1-2H3;1H. The Morgan fingerprint density at radius 3 is 1.88 bits per heavy atom. The van der Waals surface area contributed by atoms with Crippen LogP contribution in [0.25, 0.3) is 0 Å². The highest BCUT2D eigenvalue weighted by Gasteiger charge is 1.89. The number of hydrogen-bond acceptors (Lipinski definition) is 1. The molecular weight excluding hydrogens is 196 g/mol. The van der Waals surface area contributed by atoms with Crippen molar-refractivity contribution in [3.63, 3.8) is 0 Å². The minimum atomic E-state index is 0. The van der Waals surface area contributed by atoms with Crippen LogP contribution in [0.4, 0.5) is 0 Å². The van der Waals surface area contributed by atoms with Crippen LogP contribution in [0.2, 0.25) is 0 Å². The molecule has 0 spiro atoms.